The Kier molecular flexibility index (Phi) is 3.29. The molecule has 0 aliphatic carbocycles. The third kappa shape index (κ3) is 2.52. The molecule has 0 atom stereocenters. The first-order valence-electron chi connectivity index (χ1n) is 5.21. The smallest absolute Gasteiger partial charge is 0.0457 e. The van der Waals surface area contributed by atoms with Crippen LogP contribution in [0.15, 0.2) is 24.3 Å². The molecule has 0 bridgehead atoms. The van der Waals surface area contributed by atoms with Crippen LogP contribution < -0.4 is 5.32 Å². The lowest BCUT2D eigenvalue weighted by Gasteiger charge is -1.96. The summed E-state index contributed by atoms with van der Waals surface area (Å²) in [6.45, 7) is 1.05. The number of hydrogen-bond acceptors (Lipinski definition) is 1. The fourth-order valence-corrected chi connectivity index (χ4v) is 1.93. The van der Waals surface area contributed by atoms with Crippen LogP contribution >= 0.6 is 11.6 Å². The molecule has 0 amide bonds. The zero-order valence-corrected chi connectivity index (χ0v) is 9.56. The molecule has 0 radical (unpaired) electrons. The summed E-state index contributed by atoms with van der Waals surface area (Å²) in [6, 6.07) is 8.11. The first-order valence-corrected chi connectivity index (χ1v) is 5.59. The van der Waals surface area contributed by atoms with Crippen LogP contribution in [0.2, 0.25) is 5.02 Å². The highest BCUT2D eigenvalue weighted by Crippen LogP contribution is 2.20. The summed E-state index contributed by atoms with van der Waals surface area (Å²) in [5.74, 6) is 0. The van der Waals surface area contributed by atoms with E-state index < -0.39 is 0 Å². The summed E-state index contributed by atoms with van der Waals surface area (Å²) >= 11 is 5.93. The van der Waals surface area contributed by atoms with E-state index in [4.69, 9.17) is 11.6 Å². The van der Waals surface area contributed by atoms with Crippen molar-refractivity contribution in [3.63, 3.8) is 0 Å². The third-order valence-electron chi connectivity index (χ3n) is 2.51. The van der Waals surface area contributed by atoms with E-state index in [0.29, 0.717) is 0 Å². The van der Waals surface area contributed by atoms with E-state index in [1.165, 1.54) is 16.6 Å². The van der Waals surface area contributed by atoms with Crippen molar-refractivity contribution < 1.29 is 0 Å². The highest BCUT2D eigenvalue weighted by Gasteiger charge is 2.00. The van der Waals surface area contributed by atoms with Gasteiger partial charge >= 0.3 is 0 Å². The molecule has 80 valence electrons. The Balaban J connectivity index is 2.16. The van der Waals surface area contributed by atoms with Gasteiger partial charge in [-0.25, -0.2) is 0 Å². The maximum atomic E-state index is 5.93. The first kappa shape index (κ1) is 10.5. The van der Waals surface area contributed by atoms with E-state index in [1.54, 1.807) is 0 Å². The molecule has 0 unspecified atom stereocenters. The van der Waals surface area contributed by atoms with E-state index in [2.05, 4.69) is 16.4 Å². The minimum absolute atomic E-state index is 0.795. The average molecular weight is 223 g/mol. The van der Waals surface area contributed by atoms with Gasteiger partial charge in [0, 0.05) is 21.6 Å². The number of fused-ring (bicyclic) bond motifs is 1. The number of aromatic nitrogens is 1. The van der Waals surface area contributed by atoms with Crippen molar-refractivity contribution >= 4 is 22.5 Å². The second-order valence-corrected chi connectivity index (χ2v) is 4.17. The van der Waals surface area contributed by atoms with Gasteiger partial charge in [0.1, 0.15) is 0 Å². The summed E-state index contributed by atoms with van der Waals surface area (Å²) < 4.78 is 0. The molecule has 3 heteroatoms. The zero-order valence-electron chi connectivity index (χ0n) is 8.81. The van der Waals surface area contributed by atoms with Gasteiger partial charge in [-0.1, -0.05) is 11.6 Å². The Morgan fingerprint density at radius 1 is 1.33 bits per heavy atom. The van der Waals surface area contributed by atoms with Crippen molar-refractivity contribution in [2.24, 2.45) is 0 Å². The Hall–Kier alpha value is -0.990. The second kappa shape index (κ2) is 4.69. The van der Waals surface area contributed by atoms with Crippen LogP contribution in [0.4, 0.5) is 0 Å². The van der Waals surface area contributed by atoms with Gasteiger partial charge in [-0.2, -0.15) is 0 Å². The third-order valence-corrected chi connectivity index (χ3v) is 2.75. The number of aromatic amines is 1. The molecule has 0 fully saturated rings. The number of aryl methyl sites for hydroxylation is 1. The fourth-order valence-electron chi connectivity index (χ4n) is 1.75. The van der Waals surface area contributed by atoms with Crippen molar-refractivity contribution in [2.75, 3.05) is 13.6 Å². The lowest BCUT2D eigenvalue weighted by molar-refractivity contribution is 0.718. The van der Waals surface area contributed by atoms with Crippen LogP contribution in [-0.4, -0.2) is 18.6 Å². The van der Waals surface area contributed by atoms with Crippen LogP contribution in [0, 0.1) is 0 Å². The molecule has 0 aliphatic rings. The van der Waals surface area contributed by atoms with Crippen LogP contribution in [0.3, 0.4) is 0 Å². The lowest BCUT2D eigenvalue weighted by atomic mass is 10.2. The molecular weight excluding hydrogens is 208 g/mol. The van der Waals surface area contributed by atoms with E-state index >= 15 is 0 Å². The molecular formula is C12H15ClN2. The van der Waals surface area contributed by atoms with Crippen LogP contribution in [0.25, 0.3) is 10.9 Å². The van der Waals surface area contributed by atoms with Gasteiger partial charge in [-0.05, 0) is 50.7 Å². The van der Waals surface area contributed by atoms with Gasteiger partial charge in [-0.15, -0.1) is 0 Å². The van der Waals surface area contributed by atoms with Crippen molar-refractivity contribution in [3.05, 3.63) is 35.0 Å². The Morgan fingerprint density at radius 3 is 3.00 bits per heavy atom. The molecule has 0 aliphatic heterocycles. The molecule has 1 aromatic carbocycles. The molecule has 15 heavy (non-hydrogen) atoms. The van der Waals surface area contributed by atoms with Crippen LogP contribution in [-0.2, 0) is 6.42 Å². The molecule has 2 rings (SSSR count). The number of H-pyrrole nitrogens is 1. The predicted octanol–water partition coefficient (Wildman–Crippen LogP) is 2.97. The summed E-state index contributed by atoms with van der Waals surface area (Å²) in [7, 11) is 1.98. The van der Waals surface area contributed by atoms with Gasteiger partial charge in [0.15, 0.2) is 0 Å². The van der Waals surface area contributed by atoms with E-state index in [0.717, 1.165) is 24.4 Å². The predicted molar refractivity (Wildman–Crippen MR) is 65.6 cm³/mol. The average Bonchev–Trinajstić information content (AvgIpc) is 2.60. The van der Waals surface area contributed by atoms with Crippen molar-refractivity contribution in [3.8, 4) is 0 Å². The fraction of sp³-hybridized carbons (Fsp3) is 0.333. The standard InChI is InChI=1S/C12H15ClN2/c1-14-6-2-3-11-8-9-7-10(13)4-5-12(9)15-11/h4-5,7-8,14-15H,2-3,6H2,1H3. The maximum absolute atomic E-state index is 5.93. The quantitative estimate of drug-likeness (QED) is 0.765. The van der Waals surface area contributed by atoms with Gasteiger partial charge in [-0.3, -0.25) is 0 Å². The van der Waals surface area contributed by atoms with Gasteiger partial charge in [0.05, 0.1) is 0 Å². The number of nitrogens with one attached hydrogen (secondary N) is 2. The van der Waals surface area contributed by atoms with Crippen molar-refractivity contribution in [1.82, 2.24) is 10.3 Å². The summed E-state index contributed by atoms with van der Waals surface area (Å²) in [5, 5.41) is 5.14. The lowest BCUT2D eigenvalue weighted by Crippen LogP contribution is -2.08. The number of rotatable bonds is 4. The summed E-state index contributed by atoms with van der Waals surface area (Å²) in [4.78, 5) is 3.40. The maximum Gasteiger partial charge on any atom is 0.0457 e. The number of hydrogen-bond donors (Lipinski definition) is 2. The molecule has 2 N–H and O–H groups in total. The Bertz CT molecular complexity index is 448. The van der Waals surface area contributed by atoms with Gasteiger partial charge in [0.2, 0.25) is 0 Å². The highest BCUT2D eigenvalue weighted by molar-refractivity contribution is 6.31. The first-order chi connectivity index (χ1) is 7.29. The van der Waals surface area contributed by atoms with E-state index in [-0.39, 0.29) is 0 Å². The molecule has 1 aromatic heterocycles. The second-order valence-electron chi connectivity index (χ2n) is 3.73. The minimum atomic E-state index is 0.795. The monoisotopic (exact) mass is 222 g/mol. The van der Waals surface area contributed by atoms with Gasteiger partial charge in [0.25, 0.3) is 0 Å². The summed E-state index contributed by atoms with van der Waals surface area (Å²) in [6.07, 6.45) is 2.23. The van der Waals surface area contributed by atoms with Crippen LogP contribution in [0.5, 0.6) is 0 Å². The zero-order chi connectivity index (χ0) is 10.7. The molecule has 0 spiro atoms. The SMILES string of the molecule is CNCCCc1cc2cc(Cl)ccc2[nH]1. The Morgan fingerprint density at radius 2 is 2.20 bits per heavy atom. The van der Waals surface area contributed by atoms with E-state index in [1.807, 2.05) is 25.2 Å². The number of benzene rings is 1. The molecule has 2 aromatic rings. The topological polar surface area (TPSA) is 27.8 Å². The molecule has 0 saturated heterocycles. The van der Waals surface area contributed by atoms with Crippen molar-refractivity contribution in [2.45, 2.75) is 12.8 Å². The summed E-state index contributed by atoms with van der Waals surface area (Å²) in [5.41, 5.74) is 2.45. The Labute approximate surface area is 94.6 Å². The van der Waals surface area contributed by atoms with Crippen molar-refractivity contribution in [1.29, 1.82) is 0 Å². The van der Waals surface area contributed by atoms with E-state index in [9.17, 15) is 0 Å². The van der Waals surface area contributed by atoms with Gasteiger partial charge < -0.3 is 10.3 Å². The highest BCUT2D eigenvalue weighted by atomic mass is 35.5. The minimum Gasteiger partial charge on any atom is -0.358 e. The van der Waals surface area contributed by atoms with Crippen LogP contribution in [0.1, 0.15) is 12.1 Å². The molecule has 1 heterocycles. The molecule has 2 nitrogen and oxygen atoms in total. The largest absolute Gasteiger partial charge is 0.358 e. The number of halogens is 1. The molecule has 0 saturated carbocycles. The normalized spacial score (nSPS) is 11.1.